The highest BCUT2D eigenvalue weighted by atomic mass is 79.9. The van der Waals surface area contributed by atoms with E-state index in [1.165, 1.54) is 12.0 Å². The number of nitrogens with one attached hydrogen (secondary N) is 1. The Morgan fingerprint density at radius 3 is 2.81 bits per heavy atom. The maximum Gasteiger partial charge on any atom is 0.162 e. The molecule has 0 amide bonds. The van der Waals surface area contributed by atoms with Crippen LogP contribution in [-0.2, 0) is 6.54 Å². The predicted molar refractivity (Wildman–Crippen MR) is 87.1 cm³/mol. The van der Waals surface area contributed by atoms with E-state index in [0.717, 1.165) is 61.8 Å². The van der Waals surface area contributed by atoms with E-state index in [2.05, 4.69) is 45.2 Å². The molecule has 1 atom stereocenters. The van der Waals surface area contributed by atoms with Crippen molar-refractivity contribution in [2.45, 2.75) is 32.4 Å². The molecule has 116 valence electrons. The van der Waals surface area contributed by atoms with Crippen LogP contribution in [-0.4, -0.2) is 43.8 Å². The van der Waals surface area contributed by atoms with E-state index in [-0.39, 0.29) is 0 Å². The van der Waals surface area contributed by atoms with E-state index < -0.39 is 0 Å². The van der Waals surface area contributed by atoms with Crippen LogP contribution in [0.2, 0.25) is 0 Å². The molecule has 1 unspecified atom stereocenters. The summed E-state index contributed by atoms with van der Waals surface area (Å²) in [7, 11) is 0. The lowest BCUT2D eigenvalue weighted by Gasteiger charge is -2.33. The third-order valence-corrected chi connectivity index (χ3v) is 4.88. The lowest BCUT2D eigenvalue weighted by atomic mass is 10.1. The monoisotopic (exact) mass is 354 g/mol. The van der Waals surface area contributed by atoms with Crippen LogP contribution in [0.4, 0.5) is 0 Å². The largest absolute Gasteiger partial charge is 0.490 e. The second-order valence-electron chi connectivity index (χ2n) is 5.74. The zero-order chi connectivity index (χ0) is 14.7. The van der Waals surface area contributed by atoms with Crippen molar-refractivity contribution in [1.29, 1.82) is 0 Å². The molecular weight excluding hydrogens is 332 g/mol. The highest BCUT2D eigenvalue weighted by molar-refractivity contribution is 9.10. The van der Waals surface area contributed by atoms with Crippen molar-refractivity contribution in [3.05, 3.63) is 22.2 Å². The van der Waals surface area contributed by atoms with Gasteiger partial charge in [-0.3, -0.25) is 4.90 Å². The summed E-state index contributed by atoms with van der Waals surface area (Å²) in [4.78, 5) is 2.51. The van der Waals surface area contributed by atoms with Crippen molar-refractivity contribution in [2.75, 3.05) is 32.8 Å². The van der Waals surface area contributed by atoms with Gasteiger partial charge in [0.05, 0.1) is 13.2 Å². The molecule has 0 saturated carbocycles. The zero-order valence-electron chi connectivity index (χ0n) is 12.5. The van der Waals surface area contributed by atoms with Gasteiger partial charge in [-0.25, -0.2) is 0 Å². The summed E-state index contributed by atoms with van der Waals surface area (Å²) in [6, 6.07) is 4.79. The van der Waals surface area contributed by atoms with Gasteiger partial charge in [0, 0.05) is 43.1 Å². The van der Waals surface area contributed by atoms with Crippen molar-refractivity contribution >= 4 is 15.9 Å². The van der Waals surface area contributed by atoms with Crippen LogP contribution < -0.4 is 14.8 Å². The molecule has 0 radical (unpaired) electrons. The molecule has 3 rings (SSSR count). The molecule has 0 bridgehead atoms. The van der Waals surface area contributed by atoms with Crippen LogP contribution in [0.3, 0.4) is 0 Å². The number of hydrogen-bond acceptors (Lipinski definition) is 4. The average Bonchev–Trinajstić information content (AvgIpc) is 2.73. The number of benzene rings is 1. The Hall–Kier alpha value is -0.780. The zero-order valence-corrected chi connectivity index (χ0v) is 14.1. The normalized spacial score (nSPS) is 22.9. The number of nitrogens with zero attached hydrogens (tertiary/aromatic N) is 1. The lowest BCUT2D eigenvalue weighted by Crippen LogP contribution is -2.49. The molecule has 0 aromatic heterocycles. The van der Waals surface area contributed by atoms with Gasteiger partial charge in [-0.1, -0.05) is 22.9 Å². The summed E-state index contributed by atoms with van der Waals surface area (Å²) in [5.74, 6) is 1.74. The van der Waals surface area contributed by atoms with Crippen LogP contribution in [0.15, 0.2) is 16.6 Å². The quantitative estimate of drug-likeness (QED) is 0.904. The summed E-state index contributed by atoms with van der Waals surface area (Å²) >= 11 is 3.68. The fraction of sp³-hybridized carbons (Fsp3) is 0.625. The first-order chi connectivity index (χ1) is 10.3. The first-order valence-corrected chi connectivity index (χ1v) is 8.59. The Morgan fingerprint density at radius 2 is 2.05 bits per heavy atom. The number of ether oxygens (including phenoxy) is 2. The molecule has 5 heteroatoms. The maximum atomic E-state index is 5.80. The van der Waals surface area contributed by atoms with E-state index >= 15 is 0 Å². The van der Waals surface area contributed by atoms with Crippen molar-refractivity contribution in [1.82, 2.24) is 10.2 Å². The molecule has 2 aliphatic heterocycles. The molecule has 4 nitrogen and oxygen atoms in total. The Balaban J connectivity index is 1.74. The van der Waals surface area contributed by atoms with E-state index in [0.29, 0.717) is 6.04 Å². The fourth-order valence-electron chi connectivity index (χ4n) is 2.90. The molecule has 1 aromatic rings. The van der Waals surface area contributed by atoms with Gasteiger partial charge in [-0.05, 0) is 24.1 Å². The molecule has 2 aliphatic rings. The van der Waals surface area contributed by atoms with Gasteiger partial charge in [0.1, 0.15) is 0 Å². The lowest BCUT2D eigenvalue weighted by molar-refractivity contribution is 0.189. The van der Waals surface area contributed by atoms with Gasteiger partial charge < -0.3 is 14.8 Å². The van der Waals surface area contributed by atoms with Gasteiger partial charge in [0.15, 0.2) is 11.5 Å². The van der Waals surface area contributed by atoms with Gasteiger partial charge in [-0.2, -0.15) is 0 Å². The van der Waals surface area contributed by atoms with Gasteiger partial charge in [0.2, 0.25) is 0 Å². The highest BCUT2D eigenvalue weighted by Gasteiger charge is 2.20. The summed E-state index contributed by atoms with van der Waals surface area (Å²) in [5, 5.41) is 3.56. The molecule has 0 spiro atoms. The summed E-state index contributed by atoms with van der Waals surface area (Å²) in [6.45, 7) is 7.93. The van der Waals surface area contributed by atoms with E-state index in [1.54, 1.807) is 0 Å². The maximum absolute atomic E-state index is 5.80. The first kappa shape index (κ1) is 15.1. The summed E-state index contributed by atoms with van der Waals surface area (Å²) in [6.07, 6.45) is 2.12. The number of fused-ring (bicyclic) bond motifs is 1. The van der Waals surface area contributed by atoms with E-state index in [4.69, 9.17) is 9.47 Å². The first-order valence-electron chi connectivity index (χ1n) is 7.80. The molecule has 2 heterocycles. The average molecular weight is 355 g/mol. The smallest absolute Gasteiger partial charge is 0.162 e. The summed E-state index contributed by atoms with van der Waals surface area (Å²) < 4.78 is 12.6. The van der Waals surface area contributed by atoms with Crippen LogP contribution in [0, 0.1) is 0 Å². The summed E-state index contributed by atoms with van der Waals surface area (Å²) in [5.41, 5.74) is 1.27. The molecule has 1 N–H and O–H groups in total. The third kappa shape index (κ3) is 3.71. The number of piperazine rings is 1. The molecule has 1 aromatic carbocycles. The SMILES string of the molecule is CCC1CN(Cc2cc3c(cc2Br)OCCCO3)CCN1. The number of hydrogen-bond donors (Lipinski definition) is 1. The molecular formula is C16H23BrN2O2. The Kier molecular flexibility index (Phi) is 5.03. The Bertz CT molecular complexity index is 495. The second-order valence-corrected chi connectivity index (χ2v) is 6.59. The van der Waals surface area contributed by atoms with Crippen molar-refractivity contribution in [2.24, 2.45) is 0 Å². The number of rotatable bonds is 3. The number of halogens is 1. The van der Waals surface area contributed by atoms with Crippen LogP contribution >= 0.6 is 15.9 Å². The minimum Gasteiger partial charge on any atom is -0.490 e. The van der Waals surface area contributed by atoms with Crippen LogP contribution in [0.5, 0.6) is 11.5 Å². The van der Waals surface area contributed by atoms with Crippen molar-refractivity contribution < 1.29 is 9.47 Å². The minimum atomic E-state index is 0.609. The topological polar surface area (TPSA) is 33.7 Å². The van der Waals surface area contributed by atoms with Gasteiger partial charge in [-0.15, -0.1) is 0 Å². The molecule has 1 saturated heterocycles. The van der Waals surface area contributed by atoms with E-state index in [9.17, 15) is 0 Å². The molecule has 0 aliphatic carbocycles. The Morgan fingerprint density at radius 1 is 1.29 bits per heavy atom. The molecule has 21 heavy (non-hydrogen) atoms. The standard InChI is InChI=1S/C16H23BrN2O2/c1-2-13-11-19(5-4-18-13)10-12-8-15-16(9-14(12)17)21-7-3-6-20-15/h8-9,13,18H,2-7,10-11H2,1H3. The van der Waals surface area contributed by atoms with Gasteiger partial charge in [0.25, 0.3) is 0 Å². The third-order valence-electron chi connectivity index (χ3n) is 4.14. The van der Waals surface area contributed by atoms with Crippen molar-refractivity contribution in [3.63, 3.8) is 0 Å². The highest BCUT2D eigenvalue weighted by Crippen LogP contribution is 2.35. The minimum absolute atomic E-state index is 0.609. The van der Waals surface area contributed by atoms with Crippen molar-refractivity contribution in [3.8, 4) is 11.5 Å². The second kappa shape index (κ2) is 6.99. The molecule has 1 fully saturated rings. The van der Waals surface area contributed by atoms with Gasteiger partial charge >= 0.3 is 0 Å². The fourth-order valence-corrected chi connectivity index (χ4v) is 3.35. The Labute approximate surface area is 134 Å². The van der Waals surface area contributed by atoms with E-state index in [1.807, 2.05) is 0 Å². The van der Waals surface area contributed by atoms with Crippen LogP contribution in [0.1, 0.15) is 25.3 Å². The van der Waals surface area contributed by atoms with Crippen LogP contribution in [0.25, 0.3) is 0 Å². The predicted octanol–water partition coefficient (Wildman–Crippen LogP) is 2.79.